The third-order valence-electron chi connectivity index (χ3n) is 6.15. The van der Waals surface area contributed by atoms with E-state index in [1.54, 1.807) is 6.07 Å². The van der Waals surface area contributed by atoms with Gasteiger partial charge in [-0.15, -0.1) is 0 Å². The number of halogens is 1. The first-order valence-corrected chi connectivity index (χ1v) is 12.6. The molecule has 0 saturated carbocycles. The highest BCUT2D eigenvalue weighted by Gasteiger charge is 2.22. The lowest BCUT2D eigenvalue weighted by molar-refractivity contribution is -0.113. The second-order valence-corrected chi connectivity index (χ2v) is 10.1. The number of aliphatic imine (C=N–C) groups is 1. The first-order valence-electron chi connectivity index (χ1n) is 11.4. The summed E-state index contributed by atoms with van der Waals surface area (Å²) in [4.78, 5) is 26.7. The van der Waals surface area contributed by atoms with Crippen molar-refractivity contribution in [3.05, 3.63) is 64.3 Å². The predicted octanol–water partition coefficient (Wildman–Crippen LogP) is 4.41. The standard InChI is InChI=1S/C25H27ClN6OS/c1-30-11-13-31(14-12-30)9-4-10-32-17-27-21-8-7-18(15-22(21)32)16-23-24(33)29-25(34-23)28-20-6-3-2-5-19(20)26/h2-3,5-8,15-17H,4,9-14H2,1H3,(H,28,29,33). The van der Waals surface area contributed by atoms with E-state index in [1.165, 1.54) is 11.8 Å². The number of carbonyl (C=O) groups excluding carboxylic acids is 1. The maximum absolute atomic E-state index is 12.5. The summed E-state index contributed by atoms with van der Waals surface area (Å²) in [6.07, 6.45) is 4.88. The number of aryl methyl sites for hydroxylation is 1. The van der Waals surface area contributed by atoms with Crippen LogP contribution in [0.1, 0.15) is 12.0 Å². The first-order chi connectivity index (χ1) is 16.5. The molecule has 2 aliphatic rings. The monoisotopic (exact) mass is 494 g/mol. The van der Waals surface area contributed by atoms with Gasteiger partial charge in [0.05, 0.1) is 33.0 Å². The number of thioether (sulfide) groups is 1. The van der Waals surface area contributed by atoms with Gasteiger partial charge >= 0.3 is 0 Å². The molecule has 2 aromatic carbocycles. The van der Waals surface area contributed by atoms with Gasteiger partial charge in [-0.1, -0.05) is 29.8 Å². The second-order valence-electron chi connectivity index (χ2n) is 8.62. The van der Waals surface area contributed by atoms with Gasteiger partial charge in [-0.2, -0.15) is 4.99 Å². The molecule has 34 heavy (non-hydrogen) atoms. The Morgan fingerprint density at radius 1 is 1.12 bits per heavy atom. The van der Waals surface area contributed by atoms with Crippen molar-refractivity contribution in [1.29, 1.82) is 0 Å². The molecule has 176 valence electrons. The van der Waals surface area contributed by atoms with Crippen LogP contribution < -0.4 is 5.32 Å². The van der Waals surface area contributed by atoms with Crippen molar-refractivity contribution in [2.24, 2.45) is 4.99 Å². The van der Waals surface area contributed by atoms with Gasteiger partial charge in [0.1, 0.15) is 0 Å². The maximum Gasteiger partial charge on any atom is 0.286 e. The van der Waals surface area contributed by atoms with Crippen LogP contribution in [0.3, 0.4) is 0 Å². The number of nitrogens with zero attached hydrogens (tertiary/aromatic N) is 5. The summed E-state index contributed by atoms with van der Waals surface area (Å²) < 4.78 is 2.21. The number of piperazine rings is 1. The molecule has 9 heteroatoms. The zero-order valence-corrected chi connectivity index (χ0v) is 20.6. The smallest absolute Gasteiger partial charge is 0.286 e. The Morgan fingerprint density at radius 3 is 2.76 bits per heavy atom. The summed E-state index contributed by atoms with van der Waals surface area (Å²) in [5, 5.41) is 4.25. The maximum atomic E-state index is 12.5. The molecule has 0 radical (unpaired) electrons. The Morgan fingerprint density at radius 2 is 1.94 bits per heavy atom. The van der Waals surface area contributed by atoms with Gasteiger partial charge in [-0.05, 0) is 67.7 Å². The summed E-state index contributed by atoms with van der Waals surface area (Å²) in [6, 6.07) is 13.5. The van der Waals surface area contributed by atoms with Crippen LogP contribution in [-0.2, 0) is 11.3 Å². The van der Waals surface area contributed by atoms with Crippen molar-refractivity contribution in [2.45, 2.75) is 13.0 Å². The molecule has 3 heterocycles. The van der Waals surface area contributed by atoms with Crippen molar-refractivity contribution in [3.8, 4) is 0 Å². The summed E-state index contributed by atoms with van der Waals surface area (Å²) in [5.74, 6) is -0.250. The van der Waals surface area contributed by atoms with E-state index in [2.05, 4.69) is 42.8 Å². The predicted molar refractivity (Wildman–Crippen MR) is 141 cm³/mol. The normalized spacial score (nSPS) is 18.7. The van der Waals surface area contributed by atoms with Gasteiger partial charge < -0.3 is 19.7 Å². The molecular weight excluding hydrogens is 468 g/mol. The molecule has 5 rings (SSSR count). The number of amidine groups is 1. The third-order valence-corrected chi connectivity index (χ3v) is 7.38. The number of aromatic nitrogens is 2. The molecule has 0 aliphatic carbocycles. The number of anilines is 1. The van der Waals surface area contributed by atoms with Crippen LogP contribution in [0.25, 0.3) is 17.1 Å². The number of nitrogens with one attached hydrogen (secondary N) is 1. The third kappa shape index (κ3) is 5.36. The van der Waals surface area contributed by atoms with Crippen molar-refractivity contribution < 1.29 is 4.79 Å². The highest BCUT2D eigenvalue weighted by molar-refractivity contribution is 8.18. The largest absolute Gasteiger partial charge is 0.333 e. The number of carbonyl (C=O) groups is 1. The number of hydrogen-bond acceptors (Lipinski definition) is 6. The molecule has 3 aromatic rings. The van der Waals surface area contributed by atoms with E-state index in [-0.39, 0.29) is 5.91 Å². The van der Waals surface area contributed by atoms with Gasteiger partial charge in [-0.25, -0.2) is 4.98 Å². The minimum atomic E-state index is -0.250. The van der Waals surface area contributed by atoms with Crippen LogP contribution in [0, 0.1) is 0 Å². The number of hydrogen-bond donors (Lipinski definition) is 1. The molecule has 1 amide bonds. The van der Waals surface area contributed by atoms with Gasteiger partial charge in [0.15, 0.2) is 5.17 Å². The fourth-order valence-electron chi connectivity index (χ4n) is 4.17. The van der Waals surface area contributed by atoms with Crippen molar-refractivity contribution in [1.82, 2.24) is 19.4 Å². The molecule has 2 aliphatic heterocycles. The van der Waals surface area contributed by atoms with Crippen LogP contribution in [-0.4, -0.2) is 70.2 Å². The molecule has 0 bridgehead atoms. The van der Waals surface area contributed by atoms with E-state index in [4.69, 9.17) is 11.6 Å². The molecule has 0 atom stereocenters. The lowest BCUT2D eigenvalue weighted by Crippen LogP contribution is -2.44. The Kier molecular flexibility index (Phi) is 7.01. The quantitative estimate of drug-likeness (QED) is 0.512. The molecule has 0 spiro atoms. The first kappa shape index (κ1) is 23.1. The van der Waals surface area contributed by atoms with Crippen LogP contribution in [0.2, 0.25) is 5.02 Å². The van der Waals surface area contributed by atoms with Gasteiger partial charge in [0.25, 0.3) is 5.91 Å². The van der Waals surface area contributed by atoms with Crippen LogP contribution in [0.4, 0.5) is 5.69 Å². The van der Waals surface area contributed by atoms with Crippen molar-refractivity contribution in [3.63, 3.8) is 0 Å². The fraction of sp³-hybridized carbons (Fsp3) is 0.320. The zero-order chi connectivity index (χ0) is 23.5. The number of likely N-dealkylation sites (N-methyl/N-ethyl adjacent to an activating group) is 1. The topological polar surface area (TPSA) is 65.8 Å². The lowest BCUT2D eigenvalue weighted by atomic mass is 10.2. The second kappa shape index (κ2) is 10.3. The van der Waals surface area contributed by atoms with Crippen LogP contribution in [0.5, 0.6) is 0 Å². The highest BCUT2D eigenvalue weighted by atomic mass is 35.5. The molecule has 1 fully saturated rings. The van der Waals surface area contributed by atoms with E-state index in [9.17, 15) is 4.79 Å². The molecule has 1 N–H and O–H groups in total. The lowest BCUT2D eigenvalue weighted by Gasteiger charge is -2.32. The molecule has 0 unspecified atom stereocenters. The Balaban J connectivity index is 1.24. The average Bonchev–Trinajstić information content (AvgIpc) is 3.39. The number of amides is 1. The van der Waals surface area contributed by atoms with E-state index < -0.39 is 0 Å². The fourth-order valence-corrected chi connectivity index (χ4v) is 5.18. The van der Waals surface area contributed by atoms with Gasteiger partial charge in [0, 0.05) is 32.7 Å². The summed E-state index contributed by atoms with van der Waals surface area (Å²) in [7, 11) is 2.18. The number of rotatable bonds is 6. The van der Waals surface area contributed by atoms with Gasteiger partial charge in [0.2, 0.25) is 0 Å². The van der Waals surface area contributed by atoms with Gasteiger partial charge in [-0.3, -0.25) is 4.79 Å². The number of para-hydroxylation sites is 1. The summed E-state index contributed by atoms with van der Waals surface area (Å²) >= 11 is 7.53. The summed E-state index contributed by atoms with van der Waals surface area (Å²) in [6.45, 7) is 6.58. The molecule has 7 nitrogen and oxygen atoms in total. The molecular formula is C25H27ClN6OS. The Bertz CT molecular complexity index is 1260. The van der Waals surface area contributed by atoms with E-state index in [0.29, 0.717) is 15.1 Å². The number of benzene rings is 2. The molecule has 1 aromatic heterocycles. The number of imidazole rings is 1. The van der Waals surface area contributed by atoms with Crippen molar-refractivity contribution in [2.75, 3.05) is 45.1 Å². The Labute approximate surface area is 208 Å². The number of fused-ring (bicyclic) bond motifs is 1. The molecule has 1 saturated heterocycles. The minimum Gasteiger partial charge on any atom is -0.333 e. The van der Waals surface area contributed by atoms with E-state index in [0.717, 1.165) is 68.0 Å². The van der Waals surface area contributed by atoms with Crippen molar-refractivity contribution >= 4 is 57.2 Å². The van der Waals surface area contributed by atoms with E-state index >= 15 is 0 Å². The minimum absolute atomic E-state index is 0.250. The zero-order valence-electron chi connectivity index (χ0n) is 19.1. The van der Waals surface area contributed by atoms with E-state index in [1.807, 2.05) is 42.7 Å². The van der Waals surface area contributed by atoms with Crippen LogP contribution >= 0.6 is 23.4 Å². The van der Waals surface area contributed by atoms with Crippen LogP contribution in [0.15, 0.2) is 58.7 Å². The highest BCUT2D eigenvalue weighted by Crippen LogP contribution is 2.31. The average molecular weight is 495 g/mol. The Hall–Kier alpha value is -2.65. The summed E-state index contributed by atoms with van der Waals surface area (Å²) in [5.41, 5.74) is 3.73. The SMILES string of the molecule is CN1CCN(CCCn2cnc3ccc(C=C4SC(Nc5ccccc5Cl)=NC4=O)cc32)CC1.